The number of aliphatic hydroxyl groups is 2. The van der Waals surface area contributed by atoms with E-state index in [1.165, 1.54) is 0 Å². The fourth-order valence-electron chi connectivity index (χ4n) is 0.585. The highest BCUT2D eigenvalue weighted by atomic mass is 16.3. The topological polar surface area (TPSA) is 40.5 Å². The summed E-state index contributed by atoms with van der Waals surface area (Å²) in [5.41, 5.74) is 0. The number of rotatable bonds is 6. The highest BCUT2D eigenvalue weighted by molar-refractivity contribution is 4.41. The van der Waals surface area contributed by atoms with Gasteiger partial charge in [0.05, 0.1) is 5.48 Å². The Bertz CT molecular complexity index is 122. The first-order valence-electron chi connectivity index (χ1n) is 5.15. The Balaban J connectivity index is 3.28. The zero-order valence-electron chi connectivity index (χ0n) is 9.43. The largest absolute Gasteiger partial charge is 0.396 e. The molecule has 0 unspecified atom stereocenters. The third-order valence-electron chi connectivity index (χ3n) is 1.08. The van der Waals surface area contributed by atoms with E-state index in [0.717, 1.165) is 0 Å². The van der Waals surface area contributed by atoms with Gasteiger partial charge in [-0.3, -0.25) is 0 Å². The van der Waals surface area contributed by atoms with Gasteiger partial charge >= 0.3 is 0 Å². The molecule has 0 aromatic heterocycles. The van der Waals surface area contributed by atoms with Gasteiger partial charge in [0.15, 0.2) is 0 Å². The molecule has 0 aromatic rings. The first-order valence-corrected chi connectivity index (χ1v) is 3.15. The Morgan fingerprint density at radius 1 is 0.778 bits per heavy atom. The minimum absolute atomic E-state index is 0.0570. The van der Waals surface area contributed by atoms with Crippen LogP contribution in [0.2, 0.25) is 0 Å². The maximum absolute atomic E-state index is 8.69. The van der Waals surface area contributed by atoms with Crippen LogP contribution in [0, 0.1) is 0 Å². The van der Waals surface area contributed by atoms with Crippen LogP contribution in [-0.4, -0.2) is 23.3 Å². The molecule has 0 aromatic carbocycles. The second kappa shape index (κ2) is 7.92. The summed E-state index contributed by atoms with van der Waals surface area (Å²) in [7, 11) is 0. The van der Waals surface area contributed by atoms with Crippen molar-refractivity contribution in [1.82, 2.24) is 0 Å². The lowest BCUT2D eigenvalue weighted by atomic mass is 10.2. The fourth-order valence-corrected chi connectivity index (χ4v) is 0.585. The molecule has 0 aliphatic carbocycles. The molecule has 56 valence electrons. The van der Waals surface area contributed by atoms with E-state index in [2.05, 4.69) is 0 Å². The summed E-state index contributed by atoms with van der Waals surface area (Å²) in [6.07, 6.45) is 1.72. The second-order valence-electron chi connectivity index (χ2n) is 1.88. The molecule has 0 radical (unpaired) electrons. The van der Waals surface area contributed by atoms with E-state index < -0.39 is 13.1 Å². The molecular formula is C7H16O2. The zero-order valence-corrected chi connectivity index (χ0v) is 5.43. The smallest absolute Gasteiger partial charge is 0.0564 e. The Morgan fingerprint density at radius 2 is 1.11 bits per heavy atom. The van der Waals surface area contributed by atoms with E-state index in [-0.39, 0.29) is 12.8 Å². The van der Waals surface area contributed by atoms with Gasteiger partial charge in [0.2, 0.25) is 0 Å². The summed E-state index contributed by atoms with van der Waals surface area (Å²) < 4.78 is 27.2. The van der Waals surface area contributed by atoms with Crippen molar-refractivity contribution in [1.29, 1.82) is 0 Å². The van der Waals surface area contributed by atoms with E-state index in [9.17, 15) is 0 Å². The first-order chi connectivity index (χ1) is 5.71. The highest BCUT2D eigenvalue weighted by Gasteiger charge is 1.86. The summed E-state index contributed by atoms with van der Waals surface area (Å²) in [6.45, 7) is -4.25. The Morgan fingerprint density at radius 3 is 1.44 bits per heavy atom. The van der Waals surface area contributed by atoms with Crippen molar-refractivity contribution in [2.45, 2.75) is 32.1 Å². The van der Waals surface area contributed by atoms with Crippen LogP contribution in [-0.2, 0) is 0 Å². The van der Waals surface area contributed by atoms with Crippen LogP contribution in [0.25, 0.3) is 0 Å². The Hall–Kier alpha value is -0.0800. The second-order valence-corrected chi connectivity index (χ2v) is 1.88. The van der Waals surface area contributed by atoms with Gasteiger partial charge in [0.25, 0.3) is 0 Å². The summed E-state index contributed by atoms with van der Waals surface area (Å²) >= 11 is 0. The SMILES string of the molecule is [2H]C([2H])(O)CCCCCC([2H])([2H])O. The van der Waals surface area contributed by atoms with E-state index in [4.69, 9.17) is 15.7 Å². The molecule has 2 nitrogen and oxygen atoms in total. The molecule has 2 heteroatoms. The molecule has 0 bridgehead atoms. The third-order valence-corrected chi connectivity index (χ3v) is 1.08. The van der Waals surface area contributed by atoms with Gasteiger partial charge in [-0.2, -0.15) is 0 Å². The Kier molecular flexibility index (Phi) is 3.47. The van der Waals surface area contributed by atoms with E-state index >= 15 is 0 Å². The summed E-state index contributed by atoms with van der Waals surface area (Å²) in [4.78, 5) is 0. The number of hydrogen-bond donors (Lipinski definition) is 2. The van der Waals surface area contributed by atoms with Crippen LogP contribution in [0.1, 0.15) is 37.6 Å². The molecule has 0 spiro atoms. The summed E-state index contributed by atoms with van der Waals surface area (Å²) in [5, 5.41) is 17.4. The quantitative estimate of drug-likeness (QED) is 0.533. The molecule has 0 heterocycles. The van der Waals surface area contributed by atoms with Crippen LogP contribution < -0.4 is 0 Å². The van der Waals surface area contributed by atoms with Crippen molar-refractivity contribution >= 4 is 0 Å². The zero-order chi connectivity index (χ0) is 10.5. The minimum atomic E-state index is -2.13. The molecule has 0 atom stereocenters. The monoisotopic (exact) mass is 136 g/mol. The van der Waals surface area contributed by atoms with Crippen LogP contribution >= 0.6 is 0 Å². The van der Waals surface area contributed by atoms with Crippen molar-refractivity contribution < 1.29 is 15.7 Å². The first kappa shape index (κ1) is 3.94. The van der Waals surface area contributed by atoms with Crippen LogP contribution in [0.5, 0.6) is 0 Å². The average Bonchev–Trinajstić information content (AvgIpc) is 1.81. The lowest BCUT2D eigenvalue weighted by Gasteiger charge is -1.95. The molecule has 9 heavy (non-hydrogen) atoms. The molecule has 0 saturated carbocycles. The van der Waals surface area contributed by atoms with Crippen LogP contribution in [0.15, 0.2) is 0 Å². The van der Waals surface area contributed by atoms with E-state index in [0.29, 0.717) is 19.3 Å². The van der Waals surface area contributed by atoms with Crippen molar-refractivity contribution in [2.75, 3.05) is 13.1 Å². The molecule has 0 rings (SSSR count). The molecule has 0 aliphatic rings. The van der Waals surface area contributed by atoms with Crippen molar-refractivity contribution in [3.8, 4) is 0 Å². The molecule has 0 aliphatic heterocycles. The summed E-state index contributed by atoms with van der Waals surface area (Å²) in [5.74, 6) is 0. The van der Waals surface area contributed by atoms with Gasteiger partial charge in [0.1, 0.15) is 0 Å². The van der Waals surface area contributed by atoms with Crippen molar-refractivity contribution in [3.63, 3.8) is 0 Å². The minimum Gasteiger partial charge on any atom is -0.396 e. The predicted molar refractivity (Wildman–Crippen MR) is 37.3 cm³/mol. The van der Waals surface area contributed by atoms with Crippen molar-refractivity contribution in [2.24, 2.45) is 0 Å². The van der Waals surface area contributed by atoms with Gasteiger partial charge in [-0.05, 0) is 12.8 Å². The van der Waals surface area contributed by atoms with E-state index in [1.54, 1.807) is 0 Å². The van der Waals surface area contributed by atoms with Crippen LogP contribution in [0.3, 0.4) is 0 Å². The van der Waals surface area contributed by atoms with Crippen molar-refractivity contribution in [3.05, 3.63) is 0 Å². The predicted octanol–water partition coefficient (Wildman–Crippen LogP) is 0.921. The lowest BCUT2D eigenvalue weighted by molar-refractivity contribution is 0.272. The summed E-state index contributed by atoms with van der Waals surface area (Å²) in [6, 6.07) is 0. The number of hydrogen-bond acceptors (Lipinski definition) is 2. The molecule has 0 saturated heterocycles. The molecule has 0 fully saturated rings. The highest BCUT2D eigenvalue weighted by Crippen LogP contribution is 2.00. The average molecular weight is 136 g/mol. The maximum Gasteiger partial charge on any atom is 0.0564 e. The van der Waals surface area contributed by atoms with E-state index in [1.807, 2.05) is 0 Å². The maximum atomic E-state index is 8.69. The van der Waals surface area contributed by atoms with Gasteiger partial charge in [-0.25, -0.2) is 0 Å². The van der Waals surface area contributed by atoms with Crippen LogP contribution in [0.4, 0.5) is 0 Å². The Labute approximate surface area is 62.1 Å². The lowest BCUT2D eigenvalue weighted by Crippen LogP contribution is -1.85. The fraction of sp³-hybridized carbons (Fsp3) is 1.00. The van der Waals surface area contributed by atoms with Gasteiger partial charge in [-0.1, -0.05) is 19.3 Å². The standard InChI is InChI=1S/C7H16O2/c8-6-4-2-1-3-5-7-9/h8-9H,1-7H2/i6D2,7D2. The van der Waals surface area contributed by atoms with Gasteiger partial charge in [-0.15, -0.1) is 0 Å². The molecule has 2 N–H and O–H groups in total. The van der Waals surface area contributed by atoms with Gasteiger partial charge < -0.3 is 10.2 Å². The molecule has 0 amide bonds. The normalized spacial score (nSPS) is 19.8. The molecular weight excluding hydrogens is 116 g/mol. The number of unbranched alkanes of at least 4 members (excludes halogenated alkanes) is 2. The van der Waals surface area contributed by atoms with Gasteiger partial charge in [0, 0.05) is 13.1 Å². The third kappa shape index (κ3) is 7.92.